The maximum atomic E-state index is 5.50. The fraction of sp³-hybridized carbons (Fsp3) is 0.850. The molecule has 27 heavy (non-hydrogen) atoms. The third kappa shape index (κ3) is 4.13. The van der Waals surface area contributed by atoms with Gasteiger partial charge in [-0.05, 0) is 75.5 Å². The molecule has 150 valence electrons. The van der Waals surface area contributed by atoms with Crippen LogP contribution in [-0.4, -0.2) is 36.3 Å². The number of aromatic nitrogens is 2. The van der Waals surface area contributed by atoms with Gasteiger partial charge in [-0.1, -0.05) is 5.16 Å². The van der Waals surface area contributed by atoms with Crippen molar-refractivity contribution >= 4 is 5.96 Å². The van der Waals surface area contributed by atoms with Crippen molar-refractivity contribution in [3.05, 3.63) is 11.7 Å². The molecule has 0 aromatic carbocycles. The maximum Gasteiger partial charge on any atom is 0.246 e. The van der Waals surface area contributed by atoms with E-state index in [-0.39, 0.29) is 6.10 Å². The Hall–Kier alpha value is -1.63. The molecule has 4 fully saturated rings. The highest BCUT2D eigenvalue weighted by atomic mass is 16.5. The third-order valence-corrected chi connectivity index (χ3v) is 6.69. The lowest BCUT2D eigenvalue weighted by Crippen LogP contribution is -2.52. The van der Waals surface area contributed by atoms with Crippen molar-refractivity contribution in [2.75, 3.05) is 20.2 Å². The van der Waals surface area contributed by atoms with Gasteiger partial charge in [0.15, 0.2) is 11.8 Å². The molecule has 0 saturated heterocycles. The summed E-state index contributed by atoms with van der Waals surface area (Å²) in [6.07, 6.45) is 8.46. The average molecular weight is 376 g/mol. The summed E-state index contributed by atoms with van der Waals surface area (Å²) in [5, 5.41) is 10.9. The van der Waals surface area contributed by atoms with E-state index in [1.807, 2.05) is 20.9 Å². The van der Waals surface area contributed by atoms with Crippen molar-refractivity contribution in [3.8, 4) is 0 Å². The largest absolute Gasteiger partial charge is 0.371 e. The monoisotopic (exact) mass is 375 g/mol. The number of hydrogen-bond donors (Lipinski definition) is 2. The van der Waals surface area contributed by atoms with Crippen LogP contribution in [0.15, 0.2) is 9.52 Å². The van der Waals surface area contributed by atoms with E-state index in [1.54, 1.807) is 0 Å². The van der Waals surface area contributed by atoms with Crippen molar-refractivity contribution in [2.24, 2.45) is 28.2 Å². The zero-order valence-corrected chi connectivity index (χ0v) is 16.8. The Morgan fingerprint density at radius 2 is 1.89 bits per heavy atom. The van der Waals surface area contributed by atoms with Crippen molar-refractivity contribution in [3.63, 3.8) is 0 Å². The fourth-order valence-corrected chi connectivity index (χ4v) is 5.99. The van der Waals surface area contributed by atoms with Gasteiger partial charge >= 0.3 is 0 Å². The predicted octanol–water partition coefficient (Wildman–Crippen LogP) is 3.05. The summed E-state index contributed by atoms with van der Waals surface area (Å²) in [6.45, 7) is 6.00. The first-order chi connectivity index (χ1) is 13.1. The summed E-state index contributed by atoms with van der Waals surface area (Å²) in [4.78, 5) is 8.77. The van der Waals surface area contributed by atoms with Gasteiger partial charge in [0, 0.05) is 20.2 Å². The summed E-state index contributed by atoms with van der Waals surface area (Å²) < 4.78 is 10.8. The molecule has 5 rings (SSSR count). The molecule has 7 nitrogen and oxygen atoms in total. The molecule has 4 bridgehead atoms. The molecule has 4 aliphatic rings. The Labute approximate surface area is 161 Å². The van der Waals surface area contributed by atoms with Crippen LogP contribution < -0.4 is 10.6 Å². The van der Waals surface area contributed by atoms with Gasteiger partial charge in [0.25, 0.3) is 0 Å². The molecule has 4 aliphatic carbocycles. The molecular formula is C20H33N5O2. The Balaban J connectivity index is 1.28. The molecule has 0 aliphatic heterocycles. The minimum absolute atomic E-state index is 0.152. The molecule has 1 aromatic rings. The van der Waals surface area contributed by atoms with E-state index in [9.17, 15) is 0 Å². The van der Waals surface area contributed by atoms with Crippen molar-refractivity contribution in [1.29, 1.82) is 0 Å². The van der Waals surface area contributed by atoms with Gasteiger partial charge in [-0.15, -0.1) is 0 Å². The second-order valence-corrected chi connectivity index (χ2v) is 8.84. The highest BCUT2D eigenvalue weighted by Gasteiger charge is 2.50. The molecule has 2 N–H and O–H groups in total. The molecule has 1 aromatic heterocycles. The molecule has 1 unspecified atom stereocenters. The Morgan fingerprint density at radius 3 is 2.48 bits per heavy atom. The van der Waals surface area contributed by atoms with Gasteiger partial charge in [-0.3, -0.25) is 4.99 Å². The highest BCUT2D eigenvalue weighted by molar-refractivity contribution is 5.79. The van der Waals surface area contributed by atoms with Crippen LogP contribution in [0, 0.1) is 23.2 Å². The number of nitrogens with zero attached hydrogens (tertiary/aromatic N) is 3. The van der Waals surface area contributed by atoms with Crippen LogP contribution in [0.5, 0.6) is 0 Å². The number of nitrogens with one attached hydrogen (secondary N) is 2. The molecule has 0 amide bonds. The number of hydrogen-bond acceptors (Lipinski definition) is 5. The van der Waals surface area contributed by atoms with Crippen LogP contribution in [0.2, 0.25) is 0 Å². The third-order valence-electron chi connectivity index (χ3n) is 6.69. The van der Waals surface area contributed by atoms with Gasteiger partial charge in [-0.2, -0.15) is 4.98 Å². The van der Waals surface area contributed by atoms with Crippen LogP contribution in [0.4, 0.5) is 0 Å². The Morgan fingerprint density at radius 1 is 1.22 bits per heavy atom. The van der Waals surface area contributed by atoms with Crippen molar-refractivity contribution < 1.29 is 9.26 Å². The molecular weight excluding hydrogens is 342 g/mol. The maximum absolute atomic E-state index is 5.50. The number of aliphatic imine (C=N–C) groups is 1. The van der Waals surface area contributed by atoms with E-state index in [2.05, 4.69) is 25.8 Å². The molecule has 1 atom stereocenters. The summed E-state index contributed by atoms with van der Waals surface area (Å²) in [6, 6.07) is 0. The SMILES string of the molecule is CCOC(C)c1noc(CNC(=NC)NCC23CC4CC(CC(C4)C2)C3)n1. The number of guanidine groups is 1. The lowest BCUT2D eigenvalue weighted by Gasteiger charge is -2.57. The van der Waals surface area contributed by atoms with Crippen molar-refractivity contribution in [1.82, 2.24) is 20.8 Å². The Bertz CT molecular complexity index is 636. The summed E-state index contributed by atoms with van der Waals surface area (Å²) in [5.74, 6) is 4.86. The van der Waals surface area contributed by atoms with Crippen LogP contribution in [0.3, 0.4) is 0 Å². The molecule has 7 heteroatoms. The lowest BCUT2D eigenvalue weighted by atomic mass is 9.49. The first kappa shape index (κ1) is 18.7. The van der Waals surface area contributed by atoms with Crippen LogP contribution in [-0.2, 0) is 11.3 Å². The summed E-state index contributed by atoms with van der Waals surface area (Å²) >= 11 is 0. The van der Waals surface area contributed by atoms with E-state index < -0.39 is 0 Å². The van der Waals surface area contributed by atoms with Crippen LogP contribution in [0.1, 0.15) is 70.2 Å². The fourth-order valence-electron chi connectivity index (χ4n) is 5.99. The standard InChI is InChI=1S/C20H33N5O2/c1-4-26-13(2)18-24-17(27-25-18)11-22-19(21-3)23-12-20-8-14-5-15(9-20)7-16(6-14)10-20/h13-16H,4-12H2,1-3H3,(H2,21,22,23). The second-order valence-electron chi connectivity index (χ2n) is 8.84. The minimum atomic E-state index is -0.152. The highest BCUT2D eigenvalue weighted by Crippen LogP contribution is 2.59. The minimum Gasteiger partial charge on any atom is -0.371 e. The van der Waals surface area contributed by atoms with E-state index >= 15 is 0 Å². The molecule has 0 spiro atoms. The van der Waals surface area contributed by atoms with E-state index in [0.717, 1.165) is 30.3 Å². The predicted molar refractivity (Wildman–Crippen MR) is 103 cm³/mol. The number of rotatable bonds is 7. The smallest absolute Gasteiger partial charge is 0.246 e. The Kier molecular flexibility index (Phi) is 5.39. The van der Waals surface area contributed by atoms with Gasteiger partial charge in [0.05, 0.1) is 6.54 Å². The van der Waals surface area contributed by atoms with Crippen LogP contribution >= 0.6 is 0 Å². The molecule has 1 heterocycles. The van der Waals surface area contributed by atoms with Crippen LogP contribution in [0.25, 0.3) is 0 Å². The normalized spacial score (nSPS) is 33.3. The quantitative estimate of drug-likeness (QED) is 0.563. The summed E-state index contributed by atoms with van der Waals surface area (Å²) in [7, 11) is 1.81. The molecule has 0 radical (unpaired) electrons. The lowest BCUT2D eigenvalue weighted by molar-refractivity contribution is -0.0492. The zero-order chi connectivity index (χ0) is 18.9. The first-order valence-electron chi connectivity index (χ1n) is 10.5. The van der Waals surface area contributed by atoms with Gasteiger partial charge < -0.3 is 19.9 Å². The topological polar surface area (TPSA) is 84.6 Å². The summed E-state index contributed by atoms with van der Waals surface area (Å²) in [5.41, 5.74) is 0.483. The van der Waals surface area contributed by atoms with Gasteiger partial charge in [0.1, 0.15) is 6.10 Å². The first-order valence-corrected chi connectivity index (χ1v) is 10.5. The van der Waals surface area contributed by atoms with E-state index in [1.165, 1.54) is 38.5 Å². The average Bonchev–Trinajstić information content (AvgIpc) is 3.10. The second kappa shape index (κ2) is 7.78. The zero-order valence-electron chi connectivity index (χ0n) is 16.8. The van der Waals surface area contributed by atoms with E-state index in [0.29, 0.717) is 30.3 Å². The van der Waals surface area contributed by atoms with Crippen molar-refractivity contribution in [2.45, 2.75) is 65.0 Å². The number of ether oxygens (including phenoxy) is 1. The molecule has 4 saturated carbocycles. The van der Waals surface area contributed by atoms with Gasteiger partial charge in [0.2, 0.25) is 5.89 Å². The van der Waals surface area contributed by atoms with Gasteiger partial charge in [-0.25, -0.2) is 0 Å². The van der Waals surface area contributed by atoms with E-state index in [4.69, 9.17) is 9.26 Å².